The first-order chi connectivity index (χ1) is 8.58. The highest BCUT2D eigenvalue weighted by Crippen LogP contribution is 2.21. The van der Waals surface area contributed by atoms with Crippen LogP contribution < -0.4 is 4.74 Å². The second-order valence-corrected chi connectivity index (χ2v) is 3.63. The highest BCUT2D eigenvalue weighted by molar-refractivity contribution is 5.97. The Labute approximate surface area is 106 Å². The minimum absolute atomic E-state index is 0.0640. The molecule has 98 valence electrons. The first kappa shape index (κ1) is 14.2. The lowest BCUT2D eigenvalue weighted by molar-refractivity contribution is -0.268. The smallest absolute Gasteiger partial charge is 0.346 e. The minimum atomic E-state index is -0.491. The summed E-state index contributed by atoms with van der Waals surface area (Å²) < 4.78 is 5.11. The van der Waals surface area contributed by atoms with Gasteiger partial charge in [0.05, 0.1) is 25.7 Å². The number of carbonyl (C=O) groups is 2. The van der Waals surface area contributed by atoms with Gasteiger partial charge in [-0.2, -0.15) is 4.89 Å². The third kappa shape index (κ3) is 3.85. The van der Waals surface area contributed by atoms with Gasteiger partial charge in [-0.3, -0.25) is 9.68 Å². The average molecular weight is 252 g/mol. The van der Waals surface area contributed by atoms with Crippen LogP contribution in [0.1, 0.15) is 29.8 Å². The maximum Gasteiger partial charge on any atom is 0.346 e. The van der Waals surface area contributed by atoms with Gasteiger partial charge in [-0.15, -0.1) is 0 Å². The van der Waals surface area contributed by atoms with E-state index in [1.165, 1.54) is 14.0 Å². The number of hydrogen-bond donors (Lipinski definition) is 0. The van der Waals surface area contributed by atoms with Crippen LogP contribution in [0, 0.1) is 0 Å². The quantitative estimate of drug-likeness (QED) is 0.440. The fourth-order valence-electron chi connectivity index (χ4n) is 1.46. The molecule has 5 heteroatoms. The van der Waals surface area contributed by atoms with E-state index in [0.717, 1.165) is 0 Å². The van der Waals surface area contributed by atoms with Crippen LogP contribution in [0.4, 0.5) is 0 Å². The standard InChI is InChI=1S/C13H16O5/c1-4-17-18-13(15)8-10-5-6-11(9(2)14)12(7-10)16-3/h5-7H,4,8H2,1-3H3. The molecule has 5 nitrogen and oxygen atoms in total. The van der Waals surface area contributed by atoms with Gasteiger partial charge >= 0.3 is 5.97 Å². The summed E-state index contributed by atoms with van der Waals surface area (Å²) in [6.45, 7) is 3.48. The molecular formula is C13H16O5. The molecule has 0 aliphatic heterocycles. The largest absolute Gasteiger partial charge is 0.496 e. The molecule has 0 aliphatic carbocycles. The van der Waals surface area contributed by atoms with Crippen molar-refractivity contribution in [1.29, 1.82) is 0 Å². The lowest BCUT2D eigenvalue weighted by atomic mass is 10.1. The van der Waals surface area contributed by atoms with E-state index in [4.69, 9.17) is 4.74 Å². The van der Waals surface area contributed by atoms with Gasteiger partial charge in [0.1, 0.15) is 5.75 Å². The van der Waals surface area contributed by atoms with Crippen molar-refractivity contribution >= 4 is 11.8 Å². The van der Waals surface area contributed by atoms with E-state index in [1.54, 1.807) is 25.1 Å². The molecule has 0 heterocycles. The van der Waals surface area contributed by atoms with Crippen LogP contribution >= 0.6 is 0 Å². The highest BCUT2D eigenvalue weighted by Gasteiger charge is 2.11. The van der Waals surface area contributed by atoms with E-state index in [9.17, 15) is 9.59 Å². The first-order valence-corrected chi connectivity index (χ1v) is 5.58. The Morgan fingerprint density at radius 2 is 2.00 bits per heavy atom. The molecule has 18 heavy (non-hydrogen) atoms. The van der Waals surface area contributed by atoms with Crippen molar-refractivity contribution in [2.45, 2.75) is 20.3 Å². The van der Waals surface area contributed by atoms with Crippen molar-refractivity contribution in [3.05, 3.63) is 29.3 Å². The number of ether oxygens (including phenoxy) is 1. The van der Waals surface area contributed by atoms with Gasteiger partial charge in [0, 0.05) is 0 Å². The summed E-state index contributed by atoms with van der Waals surface area (Å²) in [4.78, 5) is 31.7. The van der Waals surface area contributed by atoms with Crippen molar-refractivity contribution in [3.8, 4) is 5.75 Å². The molecule has 0 spiro atoms. The van der Waals surface area contributed by atoms with Gasteiger partial charge in [-0.05, 0) is 31.5 Å². The van der Waals surface area contributed by atoms with Crippen LogP contribution in [0.5, 0.6) is 5.75 Å². The van der Waals surface area contributed by atoms with E-state index in [1.807, 2.05) is 0 Å². The van der Waals surface area contributed by atoms with Crippen LogP contribution in [0.25, 0.3) is 0 Å². The van der Waals surface area contributed by atoms with Gasteiger partial charge in [0.15, 0.2) is 5.78 Å². The van der Waals surface area contributed by atoms with Gasteiger partial charge in [0.2, 0.25) is 0 Å². The van der Waals surface area contributed by atoms with Crippen LogP contribution in [-0.2, 0) is 21.0 Å². The van der Waals surface area contributed by atoms with E-state index < -0.39 is 5.97 Å². The number of hydrogen-bond acceptors (Lipinski definition) is 5. The van der Waals surface area contributed by atoms with Crippen molar-refractivity contribution in [2.75, 3.05) is 13.7 Å². The van der Waals surface area contributed by atoms with Crippen molar-refractivity contribution < 1.29 is 24.1 Å². The third-order valence-electron chi connectivity index (χ3n) is 2.26. The summed E-state index contributed by atoms with van der Waals surface area (Å²) in [5.41, 5.74) is 1.18. The molecule has 0 unspecified atom stereocenters. The molecule has 0 bridgehead atoms. The molecule has 0 fully saturated rings. The Balaban J connectivity index is 2.79. The summed E-state index contributed by atoms with van der Waals surface area (Å²) in [7, 11) is 1.48. The van der Waals surface area contributed by atoms with Crippen LogP contribution in [0.3, 0.4) is 0 Å². The Hall–Kier alpha value is -1.88. The monoisotopic (exact) mass is 252 g/mol. The van der Waals surface area contributed by atoms with E-state index in [-0.39, 0.29) is 12.2 Å². The molecule has 0 N–H and O–H groups in total. The topological polar surface area (TPSA) is 61.8 Å². The molecule has 1 aromatic rings. The summed E-state index contributed by atoms with van der Waals surface area (Å²) in [6, 6.07) is 4.96. The van der Waals surface area contributed by atoms with Crippen molar-refractivity contribution in [2.24, 2.45) is 0 Å². The van der Waals surface area contributed by atoms with Gasteiger partial charge < -0.3 is 4.74 Å². The molecule has 1 aromatic carbocycles. The van der Waals surface area contributed by atoms with Crippen LogP contribution in [0.15, 0.2) is 18.2 Å². The van der Waals surface area contributed by atoms with E-state index in [0.29, 0.717) is 23.5 Å². The number of ketones is 1. The zero-order valence-corrected chi connectivity index (χ0v) is 10.7. The number of benzene rings is 1. The number of Topliss-reactive ketones (excluding diaryl/α,β-unsaturated/α-hetero) is 1. The predicted molar refractivity (Wildman–Crippen MR) is 64.4 cm³/mol. The van der Waals surface area contributed by atoms with Crippen molar-refractivity contribution in [1.82, 2.24) is 0 Å². The lowest BCUT2D eigenvalue weighted by Gasteiger charge is -2.08. The number of rotatable bonds is 6. The van der Waals surface area contributed by atoms with Gasteiger partial charge in [0.25, 0.3) is 0 Å². The van der Waals surface area contributed by atoms with E-state index in [2.05, 4.69) is 9.78 Å². The normalized spacial score (nSPS) is 9.94. The molecule has 0 saturated carbocycles. The Morgan fingerprint density at radius 1 is 1.28 bits per heavy atom. The minimum Gasteiger partial charge on any atom is -0.496 e. The zero-order valence-electron chi connectivity index (χ0n) is 10.7. The second kappa shape index (κ2) is 6.76. The van der Waals surface area contributed by atoms with Gasteiger partial charge in [-0.25, -0.2) is 4.79 Å². The zero-order chi connectivity index (χ0) is 13.5. The fraction of sp³-hybridized carbons (Fsp3) is 0.385. The maximum absolute atomic E-state index is 11.3. The number of methoxy groups -OCH3 is 1. The molecule has 0 saturated heterocycles. The van der Waals surface area contributed by atoms with Crippen LogP contribution in [-0.4, -0.2) is 25.5 Å². The molecular weight excluding hydrogens is 236 g/mol. The summed E-state index contributed by atoms with van der Waals surface area (Å²) in [5.74, 6) is -0.131. The summed E-state index contributed by atoms with van der Waals surface area (Å²) >= 11 is 0. The fourth-order valence-corrected chi connectivity index (χ4v) is 1.46. The molecule has 1 rings (SSSR count). The Bertz CT molecular complexity index is 439. The summed E-state index contributed by atoms with van der Waals surface area (Å²) in [6.07, 6.45) is 0.0640. The molecule has 0 atom stereocenters. The predicted octanol–water partition coefficient (Wildman–Crippen LogP) is 1.94. The molecule has 0 aromatic heterocycles. The SMILES string of the molecule is CCOOC(=O)Cc1ccc(C(C)=O)c(OC)c1. The maximum atomic E-state index is 11.3. The second-order valence-electron chi connectivity index (χ2n) is 3.63. The average Bonchev–Trinajstić information content (AvgIpc) is 2.35. The Kier molecular flexibility index (Phi) is 5.32. The Morgan fingerprint density at radius 3 is 2.56 bits per heavy atom. The van der Waals surface area contributed by atoms with Gasteiger partial charge in [-0.1, -0.05) is 6.07 Å². The highest BCUT2D eigenvalue weighted by atomic mass is 17.2. The van der Waals surface area contributed by atoms with Crippen molar-refractivity contribution in [3.63, 3.8) is 0 Å². The first-order valence-electron chi connectivity index (χ1n) is 5.58. The molecule has 0 amide bonds. The number of carbonyl (C=O) groups excluding carboxylic acids is 2. The third-order valence-corrected chi connectivity index (χ3v) is 2.26. The summed E-state index contributed by atoms with van der Waals surface area (Å²) in [5, 5.41) is 0. The van der Waals surface area contributed by atoms with E-state index >= 15 is 0 Å². The molecule has 0 radical (unpaired) electrons. The lowest BCUT2D eigenvalue weighted by Crippen LogP contribution is -2.09. The van der Waals surface area contributed by atoms with Crippen LogP contribution in [0.2, 0.25) is 0 Å². The molecule has 0 aliphatic rings.